The second-order valence-electron chi connectivity index (χ2n) is 4.08. The summed E-state index contributed by atoms with van der Waals surface area (Å²) in [6, 6.07) is 7.87. The highest BCUT2D eigenvalue weighted by Crippen LogP contribution is 2.19. The van der Waals surface area contributed by atoms with Crippen molar-refractivity contribution >= 4 is 16.8 Å². The lowest BCUT2D eigenvalue weighted by Gasteiger charge is -2.05. The van der Waals surface area contributed by atoms with E-state index in [-0.39, 0.29) is 12.3 Å². The lowest BCUT2D eigenvalue weighted by Crippen LogP contribution is -2.13. The van der Waals surface area contributed by atoms with Gasteiger partial charge in [-0.2, -0.15) is 0 Å². The van der Waals surface area contributed by atoms with E-state index >= 15 is 0 Å². The molecule has 0 spiro atoms. The van der Waals surface area contributed by atoms with Crippen LogP contribution in [0.5, 0.6) is 0 Å². The summed E-state index contributed by atoms with van der Waals surface area (Å²) in [6.07, 6.45) is 0.281. The molecule has 0 atom stereocenters. The van der Waals surface area contributed by atoms with Crippen LogP contribution in [-0.4, -0.2) is 10.9 Å². The molecule has 2 rings (SSSR count). The summed E-state index contributed by atoms with van der Waals surface area (Å²) in [5.41, 5.74) is 9.26. The minimum absolute atomic E-state index is 0.281. The predicted molar refractivity (Wildman–Crippen MR) is 64.1 cm³/mol. The number of nitrogens with zero attached hydrogens (tertiary/aromatic N) is 1. The van der Waals surface area contributed by atoms with Gasteiger partial charge in [0.15, 0.2) is 0 Å². The van der Waals surface area contributed by atoms with Crippen molar-refractivity contribution in [2.75, 3.05) is 0 Å². The number of aromatic nitrogens is 1. The Labute approximate surface area is 94.3 Å². The van der Waals surface area contributed by atoms with Crippen molar-refractivity contribution in [1.82, 2.24) is 4.98 Å². The fraction of sp³-hybridized carbons (Fsp3) is 0.231. The summed E-state index contributed by atoms with van der Waals surface area (Å²) in [6.45, 7) is 4.02. The van der Waals surface area contributed by atoms with Gasteiger partial charge in [0.25, 0.3) is 0 Å². The van der Waals surface area contributed by atoms with Gasteiger partial charge in [-0.05, 0) is 43.2 Å². The third-order valence-corrected chi connectivity index (χ3v) is 2.59. The van der Waals surface area contributed by atoms with Crippen molar-refractivity contribution in [3.05, 3.63) is 41.1 Å². The molecular formula is C13H14N2O. The van der Waals surface area contributed by atoms with E-state index in [9.17, 15) is 4.79 Å². The van der Waals surface area contributed by atoms with Crippen LogP contribution in [0.2, 0.25) is 0 Å². The quantitative estimate of drug-likeness (QED) is 0.829. The SMILES string of the molecule is Cc1cc(C)c2cc(CC(N)=O)ccc2n1. The summed E-state index contributed by atoms with van der Waals surface area (Å²) in [5, 5.41) is 1.09. The van der Waals surface area contributed by atoms with E-state index in [4.69, 9.17) is 5.73 Å². The number of rotatable bonds is 2. The average molecular weight is 214 g/mol. The predicted octanol–water partition coefficient (Wildman–Crippen LogP) is 1.88. The highest BCUT2D eigenvalue weighted by molar-refractivity contribution is 5.84. The summed E-state index contributed by atoms with van der Waals surface area (Å²) < 4.78 is 0. The Balaban J connectivity index is 2.57. The Morgan fingerprint density at radius 1 is 1.31 bits per heavy atom. The molecule has 1 aromatic carbocycles. The molecule has 0 bridgehead atoms. The van der Waals surface area contributed by atoms with Crippen LogP contribution in [0.3, 0.4) is 0 Å². The van der Waals surface area contributed by atoms with Crippen LogP contribution in [0.15, 0.2) is 24.3 Å². The number of fused-ring (bicyclic) bond motifs is 1. The number of aryl methyl sites for hydroxylation is 2. The molecule has 2 aromatic rings. The van der Waals surface area contributed by atoms with Crippen molar-refractivity contribution in [3.63, 3.8) is 0 Å². The Bertz CT molecular complexity index is 561. The smallest absolute Gasteiger partial charge is 0.221 e. The maximum Gasteiger partial charge on any atom is 0.221 e. The molecule has 0 radical (unpaired) electrons. The van der Waals surface area contributed by atoms with Crippen LogP contribution < -0.4 is 5.73 Å². The normalized spacial score (nSPS) is 10.6. The molecule has 3 nitrogen and oxygen atoms in total. The minimum Gasteiger partial charge on any atom is -0.369 e. The van der Waals surface area contributed by atoms with E-state index in [0.717, 1.165) is 22.2 Å². The second kappa shape index (κ2) is 3.93. The van der Waals surface area contributed by atoms with Gasteiger partial charge in [0, 0.05) is 11.1 Å². The maximum atomic E-state index is 10.9. The Morgan fingerprint density at radius 3 is 2.75 bits per heavy atom. The first-order chi connectivity index (χ1) is 7.56. The standard InChI is InChI=1S/C13H14N2O/c1-8-5-9(2)15-12-4-3-10(6-11(8)12)7-13(14)16/h3-6H,7H2,1-2H3,(H2,14,16). The van der Waals surface area contributed by atoms with Crippen molar-refractivity contribution in [3.8, 4) is 0 Å². The first-order valence-corrected chi connectivity index (χ1v) is 5.21. The number of amides is 1. The molecule has 0 aliphatic carbocycles. The van der Waals surface area contributed by atoms with E-state index in [1.807, 2.05) is 38.1 Å². The van der Waals surface area contributed by atoms with E-state index < -0.39 is 0 Å². The Morgan fingerprint density at radius 2 is 2.06 bits per heavy atom. The van der Waals surface area contributed by atoms with Crippen LogP contribution in [-0.2, 0) is 11.2 Å². The van der Waals surface area contributed by atoms with Crippen LogP contribution in [0.1, 0.15) is 16.8 Å². The summed E-state index contributed by atoms with van der Waals surface area (Å²) >= 11 is 0. The van der Waals surface area contributed by atoms with E-state index in [0.29, 0.717) is 0 Å². The molecule has 16 heavy (non-hydrogen) atoms. The van der Waals surface area contributed by atoms with Gasteiger partial charge in [-0.25, -0.2) is 0 Å². The molecule has 3 heteroatoms. The second-order valence-corrected chi connectivity index (χ2v) is 4.08. The molecule has 0 aliphatic heterocycles. The summed E-state index contributed by atoms with van der Waals surface area (Å²) in [5.74, 6) is -0.308. The Kier molecular flexibility index (Phi) is 2.60. The van der Waals surface area contributed by atoms with Crippen LogP contribution in [0.25, 0.3) is 10.9 Å². The van der Waals surface area contributed by atoms with Gasteiger partial charge < -0.3 is 5.73 Å². The number of hydrogen-bond donors (Lipinski definition) is 1. The van der Waals surface area contributed by atoms with Gasteiger partial charge in [0.05, 0.1) is 11.9 Å². The molecule has 82 valence electrons. The zero-order chi connectivity index (χ0) is 11.7. The zero-order valence-electron chi connectivity index (χ0n) is 9.45. The first-order valence-electron chi connectivity index (χ1n) is 5.21. The van der Waals surface area contributed by atoms with Gasteiger partial charge in [-0.3, -0.25) is 9.78 Å². The van der Waals surface area contributed by atoms with E-state index in [2.05, 4.69) is 4.98 Å². The van der Waals surface area contributed by atoms with E-state index in [1.54, 1.807) is 0 Å². The molecular weight excluding hydrogens is 200 g/mol. The topological polar surface area (TPSA) is 56.0 Å². The average Bonchev–Trinajstić information content (AvgIpc) is 2.18. The number of nitrogens with two attached hydrogens (primary N) is 1. The monoisotopic (exact) mass is 214 g/mol. The van der Waals surface area contributed by atoms with Crippen LogP contribution in [0.4, 0.5) is 0 Å². The molecule has 1 aromatic heterocycles. The van der Waals surface area contributed by atoms with Crippen molar-refractivity contribution < 1.29 is 4.79 Å². The number of primary amides is 1. The van der Waals surface area contributed by atoms with E-state index in [1.165, 1.54) is 5.56 Å². The number of benzene rings is 1. The molecule has 0 aliphatic rings. The molecule has 2 N–H and O–H groups in total. The molecule has 0 fully saturated rings. The Hall–Kier alpha value is -1.90. The lowest BCUT2D eigenvalue weighted by molar-refractivity contribution is -0.117. The number of pyridine rings is 1. The van der Waals surface area contributed by atoms with Crippen molar-refractivity contribution in [1.29, 1.82) is 0 Å². The third kappa shape index (κ3) is 2.03. The van der Waals surface area contributed by atoms with Gasteiger partial charge in [-0.1, -0.05) is 6.07 Å². The lowest BCUT2D eigenvalue weighted by atomic mass is 10.0. The highest BCUT2D eigenvalue weighted by atomic mass is 16.1. The number of hydrogen-bond acceptors (Lipinski definition) is 2. The van der Waals surface area contributed by atoms with Gasteiger partial charge in [0.2, 0.25) is 5.91 Å². The van der Waals surface area contributed by atoms with Gasteiger partial charge >= 0.3 is 0 Å². The fourth-order valence-electron chi connectivity index (χ4n) is 1.92. The summed E-state index contributed by atoms with van der Waals surface area (Å²) in [4.78, 5) is 15.3. The summed E-state index contributed by atoms with van der Waals surface area (Å²) in [7, 11) is 0. The molecule has 1 heterocycles. The fourth-order valence-corrected chi connectivity index (χ4v) is 1.92. The zero-order valence-corrected chi connectivity index (χ0v) is 9.45. The van der Waals surface area contributed by atoms with Gasteiger partial charge in [-0.15, -0.1) is 0 Å². The molecule has 1 amide bonds. The molecule has 0 saturated carbocycles. The van der Waals surface area contributed by atoms with Gasteiger partial charge in [0.1, 0.15) is 0 Å². The third-order valence-electron chi connectivity index (χ3n) is 2.59. The molecule has 0 saturated heterocycles. The number of carbonyl (C=O) groups excluding carboxylic acids is 1. The highest BCUT2D eigenvalue weighted by Gasteiger charge is 2.03. The van der Waals surface area contributed by atoms with Crippen molar-refractivity contribution in [2.24, 2.45) is 5.73 Å². The van der Waals surface area contributed by atoms with Crippen molar-refractivity contribution in [2.45, 2.75) is 20.3 Å². The van der Waals surface area contributed by atoms with Crippen LogP contribution >= 0.6 is 0 Å². The minimum atomic E-state index is -0.308. The maximum absolute atomic E-state index is 10.9. The molecule has 0 unspecified atom stereocenters. The first kappa shape index (κ1) is 10.6. The largest absolute Gasteiger partial charge is 0.369 e. The number of carbonyl (C=O) groups is 1. The van der Waals surface area contributed by atoms with Crippen LogP contribution in [0, 0.1) is 13.8 Å².